The van der Waals surface area contributed by atoms with Crippen LogP contribution in [0, 0.1) is 11.3 Å². The lowest BCUT2D eigenvalue weighted by atomic mass is 10.1. The fraction of sp³-hybridized carbons (Fsp3) is 0.167. The van der Waals surface area contributed by atoms with Crippen LogP contribution in [0.5, 0.6) is 0 Å². The van der Waals surface area contributed by atoms with Gasteiger partial charge in [0.15, 0.2) is 0 Å². The molecule has 2 aromatic rings. The molecule has 0 spiro atoms. The number of rotatable bonds is 3. The number of hydrogen-bond acceptors (Lipinski definition) is 4. The van der Waals surface area contributed by atoms with Crippen molar-refractivity contribution in [2.75, 3.05) is 11.1 Å². The van der Waals surface area contributed by atoms with Gasteiger partial charge in [0.05, 0.1) is 17.8 Å². The number of nitrogen functional groups attached to an aromatic ring is 1. The Bertz CT molecular complexity index is 539. The summed E-state index contributed by atoms with van der Waals surface area (Å²) in [7, 11) is 0. The lowest BCUT2D eigenvalue weighted by Gasteiger charge is -2.14. The van der Waals surface area contributed by atoms with Gasteiger partial charge in [-0.3, -0.25) is 5.10 Å². The fourth-order valence-corrected chi connectivity index (χ4v) is 1.57. The van der Waals surface area contributed by atoms with Gasteiger partial charge in [0.25, 0.3) is 0 Å². The van der Waals surface area contributed by atoms with E-state index < -0.39 is 0 Å². The molecule has 17 heavy (non-hydrogen) atoms. The van der Waals surface area contributed by atoms with Gasteiger partial charge in [-0.25, -0.2) is 0 Å². The van der Waals surface area contributed by atoms with E-state index in [2.05, 4.69) is 21.6 Å². The van der Waals surface area contributed by atoms with Gasteiger partial charge in [-0.1, -0.05) is 0 Å². The number of nitrogens with two attached hydrogens (primary N) is 1. The van der Waals surface area contributed by atoms with Gasteiger partial charge >= 0.3 is 0 Å². The van der Waals surface area contributed by atoms with Crippen LogP contribution in [-0.4, -0.2) is 10.2 Å². The molecule has 0 aliphatic heterocycles. The van der Waals surface area contributed by atoms with Crippen LogP contribution in [0.15, 0.2) is 30.6 Å². The molecule has 0 radical (unpaired) electrons. The Balaban J connectivity index is 2.17. The average Bonchev–Trinajstić information content (AvgIpc) is 2.85. The smallest absolute Gasteiger partial charge is 0.101 e. The number of nitrogens with one attached hydrogen (secondary N) is 2. The van der Waals surface area contributed by atoms with Crippen LogP contribution in [-0.2, 0) is 0 Å². The largest absolute Gasteiger partial charge is 0.398 e. The summed E-state index contributed by atoms with van der Waals surface area (Å²) in [6, 6.07) is 7.50. The zero-order valence-electron chi connectivity index (χ0n) is 9.44. The molecule has 1 unspecified atom stereocenters. The summed E-state index contributed by atoms with van der Waals surface area (Å²) in [5.41, 5.74) is 8.56. The monoisotopic (exact) mass is 227 g/mol. The molecule has 0 fully saturated rings. The van der Waals surface area contributed by atoms with Crippen molar-refractivity contribution in [3.8, 4) is 6.07 Å². The van der Waals surface area contributed by atoms with E-state index >= 15 is 0 Å². The molecule has 1 aromatic carbocycles. The maximum absolute atomic E-state index is 8.89. The molecule has 4 N–H and O–H groups in total. The van der Waals surface area contributed by atoms with Gasteiger partial charge in [-0.05, 0) is 25.1 Å². The number of nitrogens with zero attached hydrogens (tertiary/aromatic N) is 2. The Labute approximate surface area is 99.3 Å². The number of anilines is 2. The Morgan fingerprint density at radius 1 is 1.53 bits per heavy atom. The molecule has 0 amide bonds. The van der Waals surface area contributed by atoms with Crippen molar-refractivity contribution in [2.24, 2.45) is 0 Å². The molecule has 86 valence electrons. The summed E-state index contributed by atoms with van der Waals surface area (Å²) in [4.78, 5) is 0. The first-order valence-corrected chi connectivity index (χ1v) is 5.25. The molecular weight excluding hydrogens is 214 g/mol. The Hall–Kier alpha value is -2.48. The number of hydrogen-bond donors (Lipinski definition) is 3. The van der Waals surface area contributed by atoms with Crippen molar-refractivity contribution < 1.29 is 0 Å². The summed E-state index contributed by atoms with van der Waals surface area (Å²) < 4.78 is 0. The van der Waals surface area contributed by atoms with Crippen LogP contribution >= 0.6 is 0 Å². The van der Waals surface area contributed by atoms with Crippen LogP contribution in [0.4, 0.5) is 11.4 Å². The maximum atomic E-state index is 8.89. The minimum atomic E-state index is 0.115. The van der Waals surface area contributed by atoms with Gasteiger partial charge < -0.3 is 11.1 Å². The van der Waals surface area contributed by atoms with Gasteiger partial charge in [-0.15, -0.1) is 0 Å². The first-order valence-electron chi connectivity index (χ1n) is 5.25. The van der Waals surface area contributed by atoms with Gasteiger partial charge in [0.1, 0.15) is 6.07 Å². The molecule has 0 bridgehead atoms. The zero-order chi connectivity index (χ0) is 12.3. The number of aromatic amines is 1. The van der Waals surface area contributed by atoms with E-state index in [1.807, 2.05) is 19.2 Å². The normalized spacial score (nSPS) is 11.8. The van der Waals surface area contributed by atoms with Crippen LogP contribution in [0.25, 0.3) is 0 Å². The van der Waals surface area contributed by atoms with Gasteiger partial charge in [-0.2, -0.15) is 10.4 Å². The van der Waals surface area contributed by atoms with Gasteiger partial charge in [0, 0.05) is 23.1 Å². The Morgan fingerprint density at radius 3 is 3.00 bits per heavy atom. The number of H-pyrrole nitrogens is 1. The van der Waals surface area contributed by atoms with Crippen LogP contribution in [0.2, 0.25) is 0 Å². The predicted octanol–water partition coefficient (Wildman–Crippen LogP) is 2.04. The van der Waals surface area contributed by atoms with E-state index in [9.17, 15) is 0 Å². The lowest BCUT2D eigenvalue weighted by Crippen LogP contribution is -2.06. The Kier molecular flexibility index (Phi) is 2.97. The van der Waals surface area contributed by atoms with Crippen molar-refractivity contribution in [3.05, 3.63) is 41.7 Å². The van der Waals surface area contributed by atoms with E-state index in [1.54, 1.807) is 18.3 Å². The summed E-state index contributed by atoms with van der Waals surface area (Å²) in [5, 5.41) is 18.8. The van der Waals surface area contributed by atoms with Gasteiger partial charge in [0.2, 0.25) is 0 Å². The molecule has 0 aliphatic rings. The molecule has 2 rings (SSSR count). The van der Waals surface area contributed by atoms with Crippen molar-refractivity contribution in [1.82, 2.24) is 10.2 Å². The van der Waals surface area contributed by atoms with E-state index in [-0.39, 0.29) is 6.04 Å². The summed E-state index contributed by atoms with van der Waals surface area (Å²) in [5.74, 6) is 0. The minimum Gasteiger partial charge on any atom is -0.398 e. The first-order chi connectivity index (χ1) is 8.20. The molecule has 0 saturated carbocycles. The average molecular weight is 227 g/mol. The fourth-order valence-electron chi connectivity index (χ4n) is 1.57. The second-order valence-corrected chi connectivity index (χ2v) is 3.81. The van der Waals surface area contributed by atoms with E-state index in [1.165, 1.54) is 0 Å². The summed E-state index contributed by atoms with van der Waals surface area (Å²) in [6.45, 7) is 2.02. The quantitative estimate of drug-likeness (QED) is 0.700. The van der Waals surface area contributed by atoms with E-state index in [0.717, 1.165) is 11.3 Å². The third-order valence-electron chi connectivity index (χ3n) is 2.58. The molecule has 1 heterocycles. The highest BCUT2D eigenvalue weighted by Gasteiger charge is 2.07. The van der Waals surface area contributed by atoms with Crippen LogP contribution in [0.3, 0.4) is 0 Å². The lowest BCUT2D eigenvalue weighted by molar-refractivity contribution is 0.886. The standard InChI is InChI=1S/C12H13N5/c1-8(10-6-15-16-7-10)17-11-2-3-12(14)9(4-11)5-13/h2-4,6-8,17H,14H2,1H3,(H,15,16). The Morgan fingerprint density at radius 2 is 2.35 bits per heavy atom. The van der Waals surface area contributed by atoms with E-state index in [0.29, 0.717) is 11.3 Å². The first kappa shape index (κ1) is 11.0. The number of benzene rings is 1. The second kappa shape index (κ2) is 4.58. The highest BCUT2D eigenvalue weighted by Crippen LogP contribution is 2.21. The topological polar surface area (TPSA) is 90.5 Å². The second-order valence-electron chi connectivity index (χ2n) is 3.81. The summed E-state index contributed by atoms with van der Waals surface area (Å²) in [6.07, 6.45) is 3.60. The van der Waals surface area contributed by atoms with Crippen LogP contribution in [0.1, 0.15) is 24.1 Å². The SMILES string of the molecule is CC(Nc1ccc(N)c(C#N)c1)c1cn[nH]c1. The third-order valence-corrected chi connectivity index (χ3v) is 2.58. The molecule has 5 heteroatoms. The third kappa shape index (κ3) is 2.37. The molecular formula is C12H13N5. The van der Waals surface area contributed by atoms with Crippen molar-refractivity contribution in [2.45, 2.75) is 13.0 Å². The molecule has 0 saturated heterocycles. The number of aromatic nitrogens is 2. The molecule has 0 aliphatic carbocycles. The van der Waals surface area contributed by atoms with Crippen molar-refractivity contribution in [3.63, 3.8) is 0 Å². The molecule has 1 atom stereocenters. The highest BCUT2D eigenvalue weighted by atomic mass is 15.1. The molecule has 5 nitrogen and oxygen atoms in total. The highest BCUT2D eigenvalue weighted by molar-refractivity contribution is 5.62. The molecule has 1 aromatic heterocycles. The van der Waals surface area contributed by atoms with E-state index in [4.69, 9.17) is 11.0 Å². The minimum absolute atomic E-state index is 0.115. The number of nitriles is 1. The zero-order valence-corrected chi connectivity index (χ0v) is 9.44. The predicted molar refractivity (Wildman–Crippen MR) is 66.2 cm³/mol. The van der Waals surface area contributed by atoms with Crippen molar-refractivity contribution >= 4 is 11.4 Å². The van der Waals surface area contributed by atoms with Crippen LogP contribution < -0.4 is 11.1 Å². The maximum Gasteiger partial charge on any atom is 0.101 e. The summed E-state index contributed by atoms with van der Waals surface area (Å²) >= 11 is 0. The van der Waals surface area contributed by atoms with Crippen molar-refractivity contribution in [1.29, 1.82) is 5.26 Å².